The molecule has 1 nitrogen and oxygen atoms in total. The fourth-order valence-corrected chi connectivity index (χ4v) is 2.54. The Morgan fingerprint density at radius 2 is 1.57 bits per heavy atom. The van der Waals surface area contributed by atoms with E-state index in [1.807, 2.05) is 42.5 Å². The molecule has 0 radical (unpaired) electrons. The van der Waals surface area contributed by atoms with Crippen molar-refractivity contribution < 1.29 is 4.79 Å². The van der Waals surface area contributed by atoms with E-state index in [2.05, 4.69) is 18.2 Å². The highest BCUT2D eigenvalue weighted by Gasteiger charge is 2.06. The molecule has 0 atom stereocenters. The molecule has 0 bridgehead atoms. The van der Waals surface area contributed by atoms with Crippen LogP contribution in [0.4, 0.5) is 0 Å². The molecular weight excluding hydrogens is 280 g/mol. The number of hydrogen-bond donors (Lipinski definition) is 0. The molecule has 0 aliphatic heterocycles. The summed E-state index contributed by atoms with van der Waals surface area (Å²) in [5.74, 6) is -0.0893. The topological polar surface area (TPSA) is 17.1 Å². The van der Waals surface area contributed by atoms with Gasteiger partial charge in [0.05, 0.1) is 5.02 Å². The minimum atomic E-state index is -0.0893. The van der Waals surface area contributed by atoms with Gasteiger partial charge in [0.1, 0.15) is 0 Å². The number of rotatable bonds is 3. The van der Waals surface area contributed by atoms with Gasteiger partial charge in [-0.1, -0.05) is 72.3 Å². The SMILES string of the molecule is O=C(C=Cc1cccc2ccccc12)c1ccccc1Cl. The molecule has 0 unspecified atom stereocenters. The summed E-state index contributed by atoms with van der Waals surface area (Å²) in [7, 11) is 0. The summed E-state index contributed by atoms with van der Waals surface area (Å²) in [6.45, 7) is 0. The summed E-state index contributed by atoms with van der Waals surface area (Å²) in [4.78, 5) is 12.2. The Hall–Kier alpha value is -2.38. The van der Waals surface area contributed by atoms with Crippen LogP contribution in [0.2, 0.25) is 5.02 Å². The summed E-state index contributed by atoms with van der Waals surface area (Å²) >= 11 is 6.04. The Balaban J connectivity index is 1.95. The largest absolute Gasteiger partial charge is 0.289 e. The van der Waals surface area contributed by atoms with Gasteiger partial charge in [-0.25, -0.2) is 0 Å². The van der Waals surface area contributed by atoms with E-state index in [1.165, 1.54) is 0 Å². The van der Waals surface area contributed by atoms with Gasteiger partial charge in [0.15, 0.2) is 5.78 Å². The number of fused-ring (bicyclic) bond motifs is 1. The minimum Gasteiger partial charge on any atom is -0.289 e. The number of ketones is 1. The quantitative estimate of drug-likeness (QED) is 0.467. The van der Waals surface area contributed by atoms with Gasteiger partial charge in [-0.15, -0.1) is 0 Å². The third kappa shape index (κ3) is 2.88. The van der Waals surface area contributed by atoms with E-state index in [1.54, 1.807) is 18.2 Å². The monoisotopic (exact) mass is 292 g/mol. The molecule has 3 aromatic rings. The van der Waals surface area contributed by atoms with E-state index >= 15 is 0 Å². The first-order valence-corrected chi connectivity index (χ1v) is 7.08. The molecule has 0 saturated carbocycles. The Bertz CT molecular complexity index is 828. The van der Waals surface area contributed by atoms with Crippen LogP contribution < -0.4 is 0 Å². The molecule has 0 N–H and O–H groups in total. The lowest BCUT2D eigenvalue weighted by Gasteiger charge is -2.02. The molecule has 102 valence electrons. The lowest BCUT2D eigenvalue weighted by molar-refractivity contribution is 0.104. The lowest BCUT2D eigenvalue weighted by atomic mass is 10.0. The van der Waals surface area contributed by atoms with Gasteiger partial charge in [-0.3, -0.25) is 4.79 Å². The summed E-state index contributed by atoms with van der Waals surface area (Å²) in [5, 5.41) is 2.76. The normalized spacial score (nSPS) is 11.1. The molecule has 0 spiro atoms. The predicted molar refractivity (Wildman–Crippen MR) is 88.8 cm³/mol. The molecule has 3 aromatic carbocycles. The zero-order valence-corrected chi connectivity index (χ0v) is 12.0. The maximum absolute atomic E-state index is 12.2. The average molecular weight is 293 g/mol. The van der Waals surface area contributed by atoms with Crippen molar-refractivity contribution in [2.75, 3.05) is 0 Å². The van der Waals surface area contributed by atoms with Crippen LogP contribution in [0, 0.1) is 0 Å². The number of halogens is 1. The minimum absolute atomic E-state index is 0.0893. The summed E-state index contributed by atoms with van der Waals surface area (Å²) in [6.07, 6.45) is 3.41. The van der Waals surface area contributed by atoms with E-state index in [0.29, 0.717) is 10.6 Å². The molecule has 0 fully saturated rings. The maximum Gasteiger partial charge on any atom is 0.187 e. The van der Waals surface area contributed by atoms with Crippen molar-refractivity contribution >= 4 is 34.2 Å². The van der Waals surface area contributed by atoms with Crippen molar-refractivity contribution in [1.29, 1.82) is 0 Å². The number of allylic oxidation sites excluding steroid dienone is 1. The maximum atomic E-state index is 12.2. The van der Waals surface area contributed by atoms with E-state index in [0.717, 1.165) is 16.3 Å². The number of hydrogen-bond acceptors (Lipinski definition) is 1. The van der Waals surface area contributed by atoms with E-state index in [-0.39, 0.29) is 5.78 Å². The van der Waals surface area contributed by atoms with Crippen LogP contribution in [0.1, 0.15) is 15.9 Å². The van der Waals surface area contributed by atoms with Gasteiger partial charge >= 0.3 is 0 Å². The lowest BCUT2D eigenvalue weighted by Crippen LogP contribution is -1.94. The molecule has 0 aliphatic rings. The van der Waals surface area contributed by atoms with Crippen LogP contribution in [0.15, 0.2) is 72.8 Å². The van der Waals surface area contributed by atoms with Crippen molar-refractivity contribution in [1.82, 2.24) is 0 Å². The van der Waals surface area contributed by atoms with Crippen molar-refractivity contribution in [2.45, 2.75) is 0 Å². The van der Waals surface area contributed by atoms with Crippen molar-refractivity contribution in [2.24, 2.45) is 0 Å². The molecule has 0 saturated heterocycles. The van der Waals surface area contributed by atoms with Crippen molar-refractivity contribution in [3.63, 3.8) is 0 Å². The molecule has 21 heavy (non-hydrogen) atoms. The van der Waals surface area contributed by atoms with Crippen LogP contribution in [0.5, 0.6) is 0 Å². The van der Waals surface area contributed by atoms with E-state index < -0.39 is 0 Å². The molecule has 0 aromatic heterocycles. The second kappa shape index (κ2) is 5.94. The predicted octanol–water partition coefficient (Wildman–Crippen LogP) is 5.39. The first-order chi connectivity index (χ1) is 10.3. The zero-order valence-electron chi connectivity index (χ0n) is 11.3. The van der Waals surface area contributed by atoms with Gasteiger partial charge in [-0.2, -0.15) is 0 Å². The van der Waals surface area contributed by atoms with Crippen LogP contribution in [-0.2, 0) is 0 Å². The highest BCUT2D eigenvalue weighted by atomic mass is 35.5. The Labute approximate surface area is 128 Å². The van der Waals surface area contributed by atoms with Crippen molar-refractivity contribution in [3.8, 4) is 0 Å². The summed E-state index contributed by atoms with van der Waals surface area (Å²) < 4.78 is 0. The smallest absolute Gasteiger partial charge is 0.187 e. The first kappa shape index (κ1) is 13.6. The molecular formula is C19H13ClO. The summed E-state index contributed by atoms with van der Waals surface area (Å²) in [6, 6.07) is 21.2. The molecule has 0 heterocycles. The van der Waals surface area contributed by atoms with E-state index in [4.69, 9.17) is 11.6 Å². The Morgan fingerprint density at radius 1 is 0.857 bits per heavy atom. The fraction of sp³-hybridized carbons (Fsp3) is 0. The average Bonchev–Trinajstić information content (AvgIpc) is 2.53. The van der Waals surface area contributed by atoms with Crippen molar-refractivity contribution in [3.05, 3.63) is 89.0 Å². The summed E-state index contributed by atoms with van der Waals surface area (Å²) in [5.41, 5.74) is 1.55. The van der Waals surface area contributed by atoms with Gasteiger partial charge in [0, 0.05) is 5.56 Å². The van der Waals surface area contributed by atoms with Crippen LogP contribution in [0.3, 0.4) is 0 Å². The van der Waals surface area contributed by atoms with Crippen LogP contribution >= 0.6 is 11.6 Å². The van der Waals surface area contributed by atoms with Gasteiger partial charge in [-0.05, 0) is 34.5 Å². The van der Waals surface area contributed by atoms with Crippen LogP contribution in [-0.4, -0.2) is 5.78 Å². The number of benzene rings is 3. The van der Waals surface area contributed by atoms with Gasteiger partial charge < -0.3 is 0 Å². The first-order valence-electron chi connectivity index (χ1n) is 6.70. The highest BCUT2D eigenvalue weighted by molar-refractivity contribution is 6.34. The third-order valence-electron chi connectivity index (χ3n) is 3.38. The number of carbonyl (C=O) groups excluding carboxylic acids is 1. The second-order valence-corrected chi connectivity index (χ2v) is 5.15. The number of carbonyl (C=O) groups is 1. The Kier molecular flexibility index (Phi) is 3.85. The second-order valence-electron chi connectivity index (χ2n) is 4.75. The molecule has 3 rings (SSSR count). The highest BCUT2D eigenvalue weighted by Crippen LogP contribution is 2.21. The van der Waals surface area contributed by atoms with Gasteiger partial charge in [0.25, 0.3) is 0 Å². The van der Waals surface area contributed by atoms with Gasteiger partial charge in [0.2, 0.25) is 0 Å². The molecule has 0 amide bonds. The fourth-order valence-electron chi connectivity index (χ4n) is 2.31. The standard InChI is InChI=1S/C19H13ClO/c20-18-11-4-3-10-17(18)19(21)13-12-15-8-5-7-14-6-1-2-9-16(14)15/h1-13H. The van der Waals surface area contributed by atoms with E-state index in [9.17, 15) is 4.79 Å². The molecule has 0 aliphatic carbocycles. The van der Waals surface area contributed by atoms with Crippen LogP contribution in [0.25, 0.3) is 16.8 Å². The molecule has 2 heteroatoms. The Morgan fingerprint density at radius 3 is 2.43 bits per heavy atom. The third-order valence-corrected chi connectivity index (χ3v) is 3.71. The zero-order chi connectivity index (χ0) is 14.7.